The number of alkyl halides is 6. The molecule has 0 amide bonds. The Labute approximate surface area is 917 Å². The van der Waals surface area contributed by atoms with Crippen LogP contribution in [0.4, 0.5) is 37.7 Å². The molecule has 0 saturated carbocycles. The number of H-pyrrole nitrogens is 3. The van der Waals surface area contributed by atoms with Crippen molar-refractivity contribution in [1.82, 2.24) is 155 Å². The van der Waals surface area contributed by atoms with Gasteiger partial charge < -0.3 is 69.3 Å². The van der Waals surface area contributed by atoms with Gasteiger partial charge in [0.25, 0.3) is 11.1 Å². The fraction of sp³-hybridized carbons (Fsp3) is 0.304. The van der Waals surface area contributed by atoms with Gasteiger partial charge in [-0.25, -0.2) is 39.3 Å². The zero-order valence-electron chi connectivity index (χ0n) is 78.2. The van der Waals surface area contributed by atoms with Crippen molar-refractivity contribution in [3.63, 3.8) is 0 Å². The summed E-state index contributed by atoms with van der Waals surface area (Å²) >= 11 is 33.0. The topological polar surface area (TPSA) is 576 Å². The van der Waals surface area contributed by atoms with Crippen LogP contribution in [0.15, 0.2) is 165 Å². The second-order valence-electron chi connectivity index (χ2n) is 28.8. The molecule has 0 spiro atoms. The summed E-state index contributed by atoms with van der Waals surface area (Å²) < 4.78 is 125. The van der Waals surface area contributed by atoms with E-state index >= 15 is 0 Å². The van der Waals surface area contributed by atoms with Crippen molar-refractivity contribution in [3.05, 3.63) is 176 Å². The molecular formula is C79H82B2Br10F6N33NaO13. The van der Waals surface area contributed by atoms with Crippen molar-refractivity contribution in [1.29, 1.82) is 0 Å². The minimum absolute atomic E-state index is 0. The number of nitrogens with one attached hydrogen (secondary N) is 3. The summed E-state index contributed by atoms with van der Waals surface area (Å²) in [7, 11) is 6.90. The van der Waals surface area contributed by atoms with Crippen LogP contribution in [0.3, 0.4) is 0 Å². The molecule has 144 heavy (non-hydrogen) atoms. The maximum Gasteiger partial charge on any atom is 1.00 e. The number of nitrogens with zero attached hydrogens (tertiary/aromatic N) is 28. The molecule has 0 aliphatic carbocycles. The molecule has 2 aromatic carbocycles. The van der Waals surface area contributed by atoms with Crippen molar-refractivity contribution < 1.29 is 109 Å². The Morgan fingerprint density at radius 3 is 1.33 bits per heavy atom. The van der Waals surface area contributed by atoms with E-state index in [1.807, 2.05) is 75.6 Å². The van der Waals surface area contributed by atoms with Gasteiger partial charge in [-0.05, 0) is 263 Å². The van der Waals surface area contributed by atoms with E-state index in [0.717, 1.165) is 134 Å². The van der Waals surface area contributed by atoms with E-state index in [4.69, 9.17) is 54.9 Å². The maximum absolute atomic E-state index is 12.5. The van der Waals surface area contributed by atoms with Crippen molar-refractivity contribution in [2.24, 2.45) is 7.05 Å². The molecule has 16 aromatic heterocycles. The van der Waals surface area contributed by atoms with Gasteiger partial charge in [0.2, 0.25) is 23.5 Å². The van der Waals surface area contributed by atoms with E-state index in [1.54, 1.807) is 96.9 Å². The van der Waals surface area contributed by atoms with Gasteiger partial charge in [-0.3, -0.25) is 18.8 Å². The quantitative estimate of drug-likeness (QED) is 0.0302. The molecule has 18 aromatic rings. The monoisotopic (exact) mass is 2650 g/mol. The SMILES string of the molecule is Brc1cnc(Br)c2n[nH]nc12.CCn1nc2c(Br)c[nH]c(=O)c2n1.CCn1nc2c(Br)cn(-c3ccc(OC(F)(F)F)cc3)c(=O)c2n1.CCn1nc2c(Br)cnc(OC)c2n1.CCn1nnc2c(Br)cnc(OC)c21.CCn1nnc2c(OC)ncc(Br)c21.COc1ncc(Br)c2n[nH]nc12.C[O-].Cn1cc(B2OC(C)(C)C(C)(C)O2)cn1.Nc1c(Br)cnc(Br)c1N.OB(O)c1ccc(OC(F)(F)F)cc1.[Na+]. The standard InChI is InChI=1S/C14H10BrF3N4O2.C10H17BN2O2.3C8H9BrN4O.C7H6BF3O3.C7H7BrN4O.C6H5BrN4O.C5H2Br2N4.C5H5Br2N3.CH3O.Na/c1-2-22-19-11-10(15)7-21(13(23)12(11)20-22)8-3-5-9(6-4-8)24-14(16,17)18;1-9(2)10(3,4)15-11(14-9)8-6-12-13(5)7-8;1-3-13-7-5(9)4-10-8(14-2)6(7)11-12-13;1-3-13-7-6(11-12-13)5(9)4-10-8(7)14-2;1-3-13-11-6-5(9)4-10-8(14-2)7(6)12-13;9-7(10,11)14-6-3-1-5(2-4-6)8(12)13;1-2-12-10-5-4(8)3-9-7(13)6(5)11-12;1-12-6-5-4(9-11-10-5)3(7)2-8-6;6-2-1-8-5(7)4-3(2)9-11-10-4;6-2-1-10-5(7)4(9)3(2)8;1-2;/h3-7H,2H2,1H3;6-7H,1-5H3;3*4H,3H2,1-2H3;1-4,12-13H;3H,2H2,1H3,(H,9,13);2H,1H3,(H,9,10,11);1H,(H,9,10,11);1H,9H2,(H2,8,10);1H3;/q;;;;;;;;;;-1;+1. The fourth-order valence-corrected chi connectivity index (χ4v) is 15.4. The number of hydrogen-bond acceptors (Lipinski definition) is 36. The van der Waals surface area contributed by atoms with Gasteiger partial charge in [-0.15, -0.1) is 51.8 Å². The van der Waals surface area contributed by atoms with Crippen LogP contribution < -0.4 is 96.6 Å². The number of benzene rings is 2. The first-order valence-electron chi connectivity index (χ1n) is 40.9. The number of pyridine rings is 8. The Kier molecular flexibility index (Phi) is 44.7. The molecule has 0 unspecified atom stereocenters. The van der Waals surface area contributed by atoms with Crippen LogP contribution in [-0.2, 0) is 49.1 Å². The largest absolute Gasteiger partial charge is 1.00 e. The number of aromatic nitrogens is 31. The molecule has 9 N–H and O–H groups in total. The number of fused-ring (bicyclic) bond motifs is 7. The van der Waals surface area contributed by atoms with E-state index in [0.29, 0.717) is 105 Å². The second-order valence-corrected chi connectivity index (χ2v) is 37.1. The van der Waals surface area contributed by atoms with E-state index in [2.05, 4.69) is 291 Å². The number of methoxy groups -OCH3 is 4. The predicted molar refractivity (Wildman–Crippen MR) is 550 cm³/mol. The molecular weight excluding hydrogens is 2580 g/mol. The number of hydrogen-bond donors (Lipinski definition) is 7. The number of aryl methyl sites for hydroxylation is 6. The van der Waals surface area contributed by atoms with Gasteiger partial charge in [-0.1, -0.05) is 22.6 Å². The first kappa shape index (κ1) is 119. The minimum Gasteiger partial charge on any atom is -0.857 e. The van der Waals surface area contributed by atoms with Gasteiger partial charge >= 0.3 is 56.5 Å². The number of rotatable bonds is 14. The van der Waals surface area contributed by atoms with Gasteiger partial charge in [0.05, 0.1) is 106 Å². The molecule has 760 valence electrons. The summed E-state index contributed by atoms with van der Waals surface area (Å²) in [5.41, 5.74) is 21.4. The fourth-order valence-electron chi connectivity index (χ4n) is 11.6. The van der Waals surface area contributed by atoms with E-state index in [9.17, 15) is 35.9 Å². The van der Waals surface area contributed by atoms with E-state index < -0.39 is 31.2 Å². The Bertz CT molecular complexity index is 7350. The van der Waals surface area contributed by atoms with Crippen LogP contribution in [0, 0.1) is 0 Å². The maximum atomic E-state index is 12.5. The summed E-state index contributed by atoms with van der Waals surface area (Å²) in [5, 5.41) is 91.4. The number of anilines is 2. The van der Waals surface area contributed by atoms with Crippen LogP contribution in [0.1, 0.15) is 62.3 Å². The molecule has 17 heterocycles. The van der Waals surface area contributed by atoms with Crippen LogP contribution in [0.25, 0.3) is 82.9 Å². The van der Waals surface area contributed by atoms with Crippen LogP contribution in [0.2, 0.25) is 0 Å². The van der Waals surface area contributed by atoms with Crippen molar-refractivity contribution >= 4 is 273 Å². The van der Waals surface area contributed by atoms with Crippen molar-refractivity contribution in [2.45, 2.75) is 119 Å². The Hall–Kier alpha value is -10.0. The predicted octanol–water partition coefficient (Wildman–Crippen LogP) is 10.8. The molecule has 1 aliphatic rings. The summed E-state index contributed by atoms with van der Waals surface area (Å²) in [5.74, 6) is 1.26. The van der Waals surface area contributed by atoms with Crippen LogP contribution >= 0.6 is 159 Å². The number of halogens is 16. The number of nitrogen functional groups attached to an aromatic ring is 2. The third-order valence-electron chi connectivity index (χ3n) is 19.1. The molecule has 1 fully saturated rings. The zero-order chi connectivity index (χ0) is 105. The third-order valence-corrected chi connectivity index (χ3v) is 25.0. The molecule has 0 bridgehead atoms. The van der Waals surface area contributed by atoms with Crippen molar-refractivity contribution in [3.8, 4) is 40.7 Å². The molecule has 1 aliphatic heterocycles. The molecule has 19 rings (SSSR count). The second kappa shape index (κ2) is 54.1. The van der Waals surface area contributed by atoms with Gasteiger partial charge in [0, 0.05) is 93.3 Å². The van der Waals surface area contributed by atoms with Gasteiger partial charge in [0.1, 0.15) is 64.8 Å². The molecule has 65 heteroatoms. The first-order valence-corrected chi connectivity index (χ1v) is 48.8. The van der Waals surface area contributed by atoms with E-state index in [1.165, 1.54) is 32.5 Å². The number of nitrogens with two attached hydrogens (primary N) is 2. The Morgan fingerprint density at radius 1 is 0.458 bits per heavy atom. The average molecular weight is 2660 g/mol. The number of ether oxygens (including phenoxy) is 6. The summed E-state index contributed by atoms with van der Waals surface area (Å²) in [6.45, 7) is 21.3. The molecule has 1 saturated heterocycles. The molecule has 0 radical (unpaired) electrons. The summed E-state index contributed by atoms with van der Waals surface area (Å²) in [6.07, 6.45) is 7.18. The van der Waals surface area contributed by atoms with Gasteiger partial charge in [0.15, 0.2) is 33.1 Å². The van der Waals surface area contributed by atoms with E-state index in [-0.39, 0.29) is 70.2 Å². The summed E-state index contributed by atoms with van der Waals surface area (Å²) in [4.78, 5) is 55.1. The van der Waals surface area contributed by atoms with Crippen LogP contribution in [-0.4, -0.2) is 239 Å². The van der Waals surface area contributed by atoms with Gasteiger partial charge in [-0.2, -0.15) is 72.7 Å². The minimum atomic E-state index is -4.76. The number of aromatic amines is 3. The Balaban J connectivity index is 0.000000197. The first-order chi connectivity index (χ1) is 67.7. The average Bonchev–Trinajstić information content (AvgIpc) is 1.63. The zero-order valence-corrected chi connectivity index (χ0v) is 96.1. The van der Waals surface area contributed by atoms with Crippen LogP contribution in [0.5, 0.6) is 35.0 Å². The normalized spacial score (nSPS) is 12.1. The molecule has 0 atom stereocenters. The smallest absolute Gasteiger partial charge is 0.857 e. The third kappa shape index (κ3) is 30.8. The van der Waals surface area contributed by atoms with Crippen molar-refractivity contribution in [2.75, 3.05) is 47.0 Å². The Morgan fingerprint density at radius 2 is 0.861 bits per heavy atom. The molecule has 46 nitrogen and oxygen atoms in total. The summed E-state index contributed by atoms with van der Waals surface area (Å²) in [6, 6.07) is 9.24.